The Hall–Kier alpha value is -0.0800. The maximum atomic E-state index is 3.64. The van der Waals surface area contributed by atoms with Gasteiger partial charge in [-0.3, -0.25) is 4.90 Å². The van der Waals surface area contributed by atoms with Crippen LogP contribution in [-0.4, -0.2) is 36.6 Å². The smallest absolute Gasteiger partial charge is 0.0269 e. The third-order valence-electron chi connectivity index (χ3n) is 4.33. The Morgan fingerprint density at radius 1 is 1.25 bits per heavy atom. The van der Waals surface area contributed by atoms with E-state index < -0.39 is 0 Å². The molecular formula is C14H28N2. The molecule has 0 spiro atoms. The topological polar surface area (TPSA) is 15.3 Å². The van der Waals surface area contributed by atoms with E-state index in [9.17, 15) is 0 Å². The zero-order chi connectivity index (χ0) is 11.8. The largest absolute Gasteiger partial charge is 0.311 e. The molecule has 1 saturated carbocycles. The summed E-state index contributed by atoms with van der Waals surface area (Å²) < 4.78 is 0. The van der Waals surface area contributed by atoms with Crippen molar-refractivity contribution in [2.45, 2.75) is 59.0 Å². The fourth-order valence-corrected chi connectivity index (χ4v) is 3.05. The lowest BCUT2D eigenvalue weighted by molar-refractivity contribution is 0.0343. The van der Waals surface area contributed by atoms with E-state index in [1.807, 2.05) is 0 Å². The number of piperazine rings is 1. The van der Waals surface area contributed by atoms with Gasteiger partial charge in [-0.25, -0.2) is 0 Å². The lowest BCUT2D eigenvalue weighted by Crippen LogP contribution is -2.60. The normalized spacial score (nSPS) is 33.8. The Balaban J connectivity index is 1.97. The summed E-state index contributed by atoms with van der Waals surface area (Å²) in [5.74, 6) is 0.996. The molecule has 0 aromatic carbocycles. The molecule has 1 aliphatic heterocycles. The minimum absolute atomic E-state index is 0.400. The first-order chi connectivity index (χ1) is 7.47. The van der Waals surface area contributed by atoms with Gasteiger partial charge < -0.3 is 5.32 Å². The van der Waals surface area contributed by atoms with Crippen LogP contribution >= 0.6 is 0 Å². The van der Waals surface area contributed by atoms with Crippen LogP contribution in [0.3, 0.4) is 0 Å². The molecule has 2 unspecified atom stereocenters. The van der Waals surface area contributed by atoms with Crippen molar-refractivity contribution in [3.05, 3.63) is 0 Å². The molecule has 2 nitrogen and oxygen atoms in total. The number of nitrogens with one attached hydrogen (secondary N) is 1. The molecule has 2 fully saturated rings. The van der Waals surface area contributed by atoms with Crippen molar-refractivity contribution >= 4 is 0 Å². The minimum Gasteiger partial charge on any atom is -0.311 e. The van der Waals surface area contributed by atoms with Crippen LogP contribution < -0.4 is 5.32 Å². The summed E-state index contributed by atoms with van der Waals surface area (Å²) in [4.78, 5) is 2.75. The third kappa shape index (κ3) is 2.78. The van der Waals surface area contributed by atoms with Crippen LogP contribution in [0.1, 0.15) is 47.0 Å². The Morgan fingerprint density at radius 3 is 2.44 bits per heavy atom. The van der Waals surface area contributed by atoms with E-state index in [0.29, 0.717) is 17.5 Å². The number of rotatable bonds is 2. The lowest BCUT2D eigenvalue weighted by Gasteiger charge is -2.48. The molecular weight excluding hydrogens is 196 g/mol. The average molecular weight is 224 g/mol. The van der Waals surface area contributed by atoms with Gasteiger partial charge in [-0.2, -0.15) is 0 Å². The summed E-state index contributed by atoms with van der Waals surface area (Å²) in [6.07, 6.45) is 4.40. The fourth-order valence-electron chi connectivity index (χ4n) is 3.05. The molecule has 1 N–H and O–H groups in total. The van der Waals surface area contributed by atoms with E-state index in [-0.39, 0.29) is 0 Å². The highest BCUT2D eigenvalue weighted by atomic mass is 15.2. The highest BCUT2D eigenvalue weighted by molar-refractivity contribution is 4.92. The molecule has 0 aromatic heterocycles. The van der Waals surface area contributed by atoms with Crippen molar-refractivity contribution < 1.29 is 0 Å². The second-order valence-electron chi connectivity index (χ2n) is 6.94. The quantitative estimate of drug-likeness (QED) is 0.775. The van der Waals surface area contributed by atoms with E-state index in [1.54, 1.807) is 0 Å². The second-order valence-corrected chi connectivity index (χ2v) is 6.94. The Kier molecular flexibility index (Phi) is 3.60. The first-order valence-corrected chi connectivity index (χ1v) is 6.94. The van der Waals surface area contributed by atoms with E-state index in [4.69, 9.17) is 0 Å². The monoisotopic (exact) mass is 224 g/mol. The van der Waals surface area contributed by atoms with Crippen molar-refractivity contribution in [2.24, 2.45) is 11.3 Å². The number of hydrogen-bond acceptors (Lipinski definition) is 2. The van der Waals surface area contributed by atoms with E-state index in [2.05, 4.69) is 37.9 Å². The predicted octanol–water partition coefficient (Wildman–Crippen LogP) is 2.49. The summed E-state index contributed by atoms with van der Waals surface area (Å²) in [7, 11) is 0. The van der Waals surface area contributed by atoms with Crippen LogP contribution in [0.2, 0.25) is 0 Å². The molecule has 0 bridgehead atoms. The zero-order valence-electron chi connectivity index (χ0n) is 11.4. The first-order valence-electron chi connectivity index (χ1n) is 6.94. The van der Waals surface area contributed by atoms with Gasteiger partial charge in [-0.15, -0.1) is 0 Å². The summed E-state index contributed by atoms with van der Waals surface area (Å²) in [6.45, 7) is 13.2. The lowest BCUT2D eigenvalue weighted by atomic mass is 9.80. The van der Waals surface area contributed by atoms with Crippen molar-refractivity contribution in [3.8, 4) is 0 Å². The van der Waals surface area contributed by atoms with Gasteiger partial charge in [0.2, 0.25) is 0 Å². The Labute approximate surface area is 101 Å². The molecule has 1 saturated heterocycles. The van der Waals surface area contributed by atoms with Crippen molar-refractivity contribution in [1.82, 2.24) is 10.2 Å². The van der Waals surface area contributed by atoms with Gasteiger partial charge in [-0.05, 0) is 31.1 Å². The van der Waals surface area contributed by atoms with Crippen LogP contribution in [0.4, 0.5) is 0 Å². The molecule has 2 atom stereocenters. The van der Waals surface area contributed by atoms with Crippen molar-refractivity contribution in [3.63, 3.8) is 0 Å². The van der Waals surface area contributed by atoms with Crippen LogP contribution in [0, 0.1) is 11.3 Å². The number of hydrogen-bond donors (Lipinski definition) is 1. The standard InChI is InChI=1S/C14H28N2/c1-11-9-16(10-12-6-5-7-12)13(8-15-11)14(2,3)4/h11-13,15H,5-10H2,1-4H3. The highest BCUT2D eigenvalue weighted by Gasteiger charge is 2.35. The zero-order valence-corrected chi connectivity index (χ0v) is 11.4. The Morgan fingerprint density at radius 2 is 1.94 bits per heavy atom. The van der Waals surface area contributed by atoms with E-state index >= 15 is 0 Å². The fraction of sp³-hybridized carbons (Fsp3) is 1.00. The molecule has 2 heteroatoms. The van der Waals surface area contributed by atoms with E-state index in [1.165, 1.54) is 32.4 Å². The first kappa shape index (κ1) is 12.4. The average Bonchev–Trinajstić information content (AvgIpc) is 2.09. The molecule has 16 heavy (non-hydrogen) atoms. The predicted molar refractivity (Wildman–Crippen MR) is 69.6 cm³/mol. The molecule has 0 amide bonds. The molecule has 0 radical (unpaired) electrons. The van der Waals surface area contributed by atoms with Crippen LogP contribution in [0.25, 0.3) is 0 Å². The van der Waals surface area contributed by atoms with Gasteiger partial charge in [0, 0.05) is 31.7 Å². The molecule has 94 valence electrons. The summed E-state index contributed by atoms with van der Waals surface area (Å²) >= 11 is 0. The van der Waals surface area contributed by atoms with Gasteiger partial charge in [0.1, 0.15) is 0 Å². The molecule has 1 heterocycles. The molecule has 2 aliphatic rings. The summed E-state index contributed by atoms with van der Waals surface area (Å²) in [6, 6.07) is 1.38. The van der Waals surface area contributed by atoms with Gasteiger partial charge in [0.05, 0.1) is 0 Å². The van der Waals surface area contributed by atoms with Gasteiger partial charge >= 0.3 is 0 Å². The summed E-state index contributed by atoms with van der Waals surface area (Å²) in [5, 5.41) is 3.64. The van der Waals surface area contributed by atoms with Crippen molar-refractivity contribution in [2.75, 3.05) is 19.6 Å². The van der Waals surface area contributed by atoms with Gasteiger partial charge in [-0.1, -0.05) is 27.2 Å². The molecule has 2 rings (SSSR count). The van der Waals surface area contributed by atoms with Crippen LogP contribution in [0.15, 0.2) is 0 Å². The third-order valence-corrected chi connectivity index (χ3v) is 4.33. The second kappa shape index (κ2) is 4.66. The van der Waals surface area contributed by atoms with Gasteiger partial charge in [0.25, 0.3) is 0 Å². The van der Waals surface area contributed by atoms with Crippen LogP contribution in [-0.2, 0) is 0 Å². The van der Waals surface area contributed by atoms with Crippen LogP contribution in [0.5, 0.6) is 0 Å². The Bertz CT molecular complexity index is 227. The molecule has 0 aromatic rings. The highest BCUT2D eigenvalue weighted by Crippen LogP contribution is 2.32. The molecule has 1 aliphatic carbocycles. The number of nitrogens with zero attached hydrogens (tertiary/aromatic N) is 1. The maximum absolute atomic E-state index is 3.64. The summed E-state index contributed by atoms with van der Waals surface area (Å²) in [5.41, 5.74) is 0.400. The maximum Gasteiger partial charge on any atom is 0.0269 e. The van der Waals surface area contributed by atoms with E-state index in [0.717, 1.165) is 12.5 Å². The minimum atomic E-state index is 0.400. The van der Waals surface area contributed by atoms with Gasteiger partial charge in [0.15, 0.2) is 0 Å². The van der Waals surface area contributed by atoms with Crippen molar-refractivity contribution in [1.29, 1.82) is 0 Å². The SMILES string of the molecule is CC1CN(CC2CCC2)C(C(C)(C)C)CN1.